The lowest BCUT2D eigenvalue weighted by Crippen LogP contribution is -2.38. The van der Waals surface area contributed by atoms with Gasteiger partial charge in [0.15, 0.2) is 0 Å². The van der Waals surface area contributed by atoms with E-state index in [9.17, 15) is 0 Å². The molecule has 0 radical (unpaired) electrons. The SMILES string of the molecule is N#Cc1ccc(N[C@@H]2CCC[C@@H]3OCC[C@H]32)nc1. The molecule has 0 bridgehead atoms. The summed E-state index contributed by atoms with van der Waals surface area (Å²) < 4.78 is 5.76. The highest BCUT2D eigenvalue weighted by molar-refractivity contribution is 5.40. The number of nitrogens with zero attached hydrogens (tertiary/aromatic N) is 2. The minimum atomic E-state index is 0.439. The van der Waals surface area contributed by atoms with Crippen molar-refractivity contribution in [2.75, 3.05) is 11.9 Å². The summed E-state index contributed by atoms with van der Waals surface area (Å²) in [5.74, 6) is 1.49. The first-order chi connectivity index (χ1) is 8.86. The summed E-state index contributed by atoms with van der Waals surface area (Å²) in [4.78, 5) is 4.28. The lowest BCUT2D eigenvalue weighted by atomic mass is 9.82. The predicted molar refractivity (Wildman–Crippen MR) is 68.1 cm³/mol. The van der Waals surface area contributed by atoms with Crippen LogP contribution in [0.2, 0.25) is 0 Å². The van der Waals surface area contributed by atoms with Crippen LogP contribution in [0.5, 0.6) is 0 Å². The van der Waals surface area contributed by atoms with Crippen molar-refractivity contribution in [2.45, 2.75) is 37.8 Å². The van der Waals surface area contributed by atoms with Crippen molar-refractivity contribution in [3.05, 3.63) is 23.9 Å². The van der Waals surface area contributed by atoms with E-state index in [2.05, 4.69) is 16.4 Å². The van der Waals surface area contributed by atoms with Gasteiger partial charge in [-0.05, 0) is 37.8 Å². The molecule has 3 atom stereocenters. The number of hydrogen-bond donors (Lipinski definition) is 1. The van der Waals surface area contributed by atoms with E-state index in [1.807, 2.05) is 6.07 Å². The average Bonchev–Trinajstić information content (AvgIpc) is 2.89. The topological polar surface area (TPSA) is 57.9 Å². The van der Waals surface area contributed by atoms with E-state index in [4.69, 9.17) is 10.00 Å². The Balaban J connectivity index is 1.69. The number of rotatable bonds is 2. The Hall–Kier alpha value is -1.60. The lowest BCUT2D eigenvalue weighted by Gasteiger charge is -2.33. The Bertz CT molecular complexity index is 451. The third-order valence-corrected chi connectivity index (χ3v) is 4.01. The van der Waals surface area contributed by atoms with Gasteiger partial charge in [0, 0.05) is 24.8 Å². The lowest BCUT2D eigenvalue weighted by molar-refractivity contribution is 0.0619. The molecule has 1 N–H and O–H groups in total. The number of pyridine rings is 1. The summed E-state index contributed by atoms with van der Waals surface area (Å²) in [7, 11) is 0. The standard InChI is InChI=1S/C14H17N3O/c15-8-10-4-5-14(16-9-10)17-12-2-1-3-13-11(12)6-7-18-13/h4-5,9,11-13H,1-3,6-7H2,(H,16,17)/t11-,12+,13-/m0/s1. The smallest absolute Gasteiger partial charge is 0.126 e. The van der Waals surface area contributed by atoms with E-state index < -0.39 is 0 Å². The fourth-order valence-electron chi connectivity index (χ4n) is 3.09. The second-order valence-electron chi connectivity index (χ2n) is 5.09. The zero-order chi connectivity index (χ0) is 12.4. The van der Waals surface area contributed by atoms with Crippen LogP contribution in [-0.2, 0) is 4.74 Å². The van der Waals surface area contributed by atoms with E-state index in [1.54, 1.807) is 12.3 Å². The molecule has 1 aromatic rings. The van der Waals surface area contributed by atoms with Crippen LogP contribution in [0.1, 0.15) is 31.2 Å². The quantitative estimate of drug-likeness (QED) is 0.866. The maximum atomic E-state index is 8.75. The Morgan fingerprint density at radius 1 is 1.33 bits per heavy atom. The molecule has 3 rings (SSSR count). The summed E-state index contributed by atoms with van der Waals surface area (Å²) in [6.45, 7) is 0.897. The molecule has 2 fully saturated rings. The highest BCUT2D eigenvalue weighted by atomic mass is 16.5. The molecule has 0 aromatic carbocycles. The van der Waals surface area contributed by atoms with Crippen LogP contribution in [0.3, 0.4) is 0 Å². The zero-order valence-corrected chi connectivity index (χ0v) is 10.3. The fourth-order valence-corrected chi connectivity index (χ4v) is 3.09. The molecule has 1 aliphatic heterocycles. The fraction of sp³-hybridized carbons (Fsp3) is 0.571. The van der Waals surface area contributed by atoms with E-state index in [0.29, 0.717) is 23.6 Å². The molecular weight excluding hydrogens is 226 g/mol. The molecular formula is C14H17N3O. The molecule has 0 unspecified atom stereocenters. The molecule has 1 aliphatic carbocycles. The van der Waals surface area contributed by atoms with Gasteiger partial charge in [-0.3, -0.25) is 0 Å². The third-order valence-electron chi connectivity index (χ3n) is 4.01. The van der Waals surface area contributed by atoms with Gasteiger partial charge in [-0.1, -0.05) is 0 Å². The molecule has 1 saturated heterocycles. The Morgan fingerprint density at radius 3 is 3.06 bits per heavy atom. The van der Waals surface area contributed by atoms with Gasteiger partial charge in [0.1, 0.15) is 11.9 Å². The van der Waals surface area contributed by atoms with Gasteiger partial charge in [-0.25, -0.2) is 4.98 Å². The summed E-state index contributed by atoms with van der Waals surface area (Å²) in [5, 5.41) is 12.2. The maximum Gasteiger partial charge on any atom is 0.126 e. The number of hydrogen-bond acceptors (Lipinski definition) is 4. The number of anilines is 1. The normalized spacial score (nSPS) is 30.5. The van der Waals surface area contributed by atoms with Gasteiger partial charge >= 0.3 is 0 Å². The van der Waals surface area contributed by atoms with Gasteiger partial charge in [0.25, 0.3) is 0 Å². The van der Waals surface area contributed by atoms with Crippen molar-refractivity contribution in [3.8, 4) is 6.07 Å². The van der Waals surface area contributed by atoms with Crippen LogP contribution in [-0.4, -0.2) is 23.7 Å². The van der Waals surface area contributed by atoms with Gasteiger partial charge in [0.2, 0.25) is 0 Å². The summed E-state index contributed by atoms with van der Waals surface area (Å²) >= 11 is 0. The predicted octanol–water partition coefficient (Wildman–Crippen LogP) is 2.32. The van der Waals surface area contributed by atoms with Crippen molar-refractivity contribution in [1.29, 1.82) is 5.26 Å². The van der Waals surface area contributed by atoms with Crippen molar-refractivity contribution < 1.29 is 4.74 Å². The molecule has 94 valence electrons. The second kappa shape index (κ2) is 4.95. The highest BCUT2D eigenvalue weighted by Gasteiger charge is 2.37. The van der Waals surface area contributed by atoms with Crippen LogP contribution >= 0.6 is 0 Å². The third kappa shape index (κ3) is 2.19. The Kier molecular flexibility index (Phi) is 3.16. The minimum Gasteiger partial charge on any atom is -0.378 e. The van der Waals surface area contributed by atoms with E-state index in [0.717, 1.165) is 18.8 Å². The highest BCUT2D eigenvalue weighted by Crippen LogP contribution is 2.35. The summed E-state index contributed by atoms with van der Waals surface area (Å²) in [6, 6.07) is 6.24. The van der Waals surface area contributed by atoms with Crippen LogP contribution in [0.25, 0.3) is 0 Å². The molecule has 2 aliphatic rings. The van der Waals surface area contributed by atoms with E-state index >= 15 is 0 Å². The van der Waals surface area contributed by atoms with Gasteiger partial charge in [-0.2, -0.15) is 5.26 Å². The van der Waals surface area contributed by atoms with Crippen LogP contribution in [0, 0.1) is 17.2 Å². The maximum absolute atomic E-state index is 8.75. The number of ether oxygens (including phenoxy) is 1. The molecule has 2 heterocycles. The first-order valence-electron chi connectivity index (χ1n) is 6.61. The van der Waals surface area contributed by atoms with Crippen molar-refractivity contribution >= 4 is 5.82 Å². The van der Waals surface area contributed by atoms with Crippen molar-refractivity contribution in [1.82, 2.24) is 4.98 Å². The molecule has 0 spiro atoms. The zero-order valence-electron chi connectivity index (χ0n) is 10.3. The van der Waals surface area contributed by atoms with E-state index in [-0.39, 0.29) is 0 Å². The molecule has 1 saturated carbocycles. The van der Waals surface area contributed by atoms with Crippen LogP contribution in [0.15, 0.2) is 18.3 Å². The van der Waals surface area contributed by atoms with Gasteiger partial charge in [0.05, 0.1) is 11.7 Å². The summed E-state index contributed by atoms with van der Waals surface area (Å²) in [5.41, 5.74) is 0.603. The van der Waals surface area contributed by atoms with Crippen molar-refractivity contribution in [2.24, 2.45) is 5.92 Å². The number of nitrogens with one attached hydrogen (secondary N) is 1. The van der Waals surface area contributed by atoms with Crippen molar-refractivity contribution in [3.63, 3.8) is 0 Å². The second-order valence-corrected chi connectivity index (χ2v) is 5.09. The molecule has 4 nitrogen and oxygen atoms in total. The molecule has 18 heavy (non-hydrogen) atoms. The Labute approximate surface area is 107 Å². The average molecular weight is 243 g/mol. The largest absolute Gasteiger partial charge is 0.378 e. The number of nitriles is 1. The molecule has 4 heteroatoms. The monoisotopic (exact) mass is 243 g/mol. The first kappa shape index (κ1) is 11.5. The van der Waals surface area contributed by atoms with Gasteiger partial charge < -0.3 is 10.1 Å². The molecule has 0 amide bonds. The van der Waals surface area contributed by atoms with Gasteiger partial charge in [-0.15, -0.1) is 0 Å². The number of fused-ring (bicyclic) bond motifs is 1. The Morgan fingerprint density at radius 2 is 2.28 bits per heavy atom. The van der Waals surface area contributed by atoms with Crippen LogP contribution in [0.4, 0.5) is 5.82 Å². The summed E-state index contributed by atoms with van der Waals surface area (Å²) in [6.07, 6.45) is 6.81. The minimum absolute atomic E-state index is 0.439. The van der Waals surface area contributed by atoms with Crippen LogP contribution < -0.4 is 5.32 Å². The number of aromatic nitrogens is 1. The molecule has 1 aromatic heterocycles. The first-order valence-corrected chi connectivity index (χ1v) is 6.61. The van der Waals surface area contributed by atoms with E-state index in [1.165, 1.54) is 19.3 Å².